The van der Waals surface area contributed by atoms with Crippen molar-refractivity contribution in [2.24, 2.45) is 5.92 Å². The fourth-order valence-electron chi connectivity index (χ4n) is 2.89. The Morgan fingerprint density at radius 2 is 2.05 bits per heavy atom. The van der Waals surface area contributed by atoms with Crippen LogP contribution < -0.4 is 0 Å². The average Bonchev–Trinajstić information content (AvgIpc) is 3.32. The van der Waals surface area contributed by atoms with Crippen molar-refractivity contribution in [2.45, 2.75) is 48.2 Å². The highest BCUT2D eigenvalue weighted by Crippen LogP contribution is 2.42. The molecule has 22 heavy (non-hydrogen) atoms. The maximum Gasteiger partial charge on any atom is 0.310 e. The van der Waals surface area contributed by atoms with Gasteiger partial charge < -0.3 is 9.84 Å². The lowest BCUT2D eigenvalue weighted by Gasteiger charge is -2.25. The van der Waals surface area contributed by atoms with Crippen LogP contribution in [0, 0.1) is 5.92 Å². The van der Waals surface area contributed by atoms with Crippen LogP contribution in [-0.4, -0.2) is 29.5 Å². The first-order valence-corrected chi connectivity index (χ1v) is 9.16. The lowest BCUT2D eigenvalue weighted by molar-refractivity contribution is -0.139. The molecule has 0 radical (unpaired) electrons. The van der Waals surface area contributed by atoms with Gasteiger partial charge in [0, 0.05) is 23.4 Å². The van der Waals surface area contributed by atoms with Crippen molar-refractivity contribution < 1.29 is 14.6 Å². The highest BCUT2D eigenvalue weighted by atomic mass is 35.5. The molecule has 1 saturated heterocycles. The van der Waals surface area contributed by atoms with Gasteiger partial charge >= 0.3 is 5.97 Å². The summed E-state index contributed by atoms with van der Waals surface area (Å²) in [7, 11) is 0. The molecule has 0 unspecified atom stereocenters. The third-order valence-corrected chi connectivity index (χ3v) is 6.22. The highest BCUT2D eigenvalue weighted by Gasteiger charge is 2.27. The van der Waals surface area contributed by atoms with E-state index in [0.29, 0.717) is 22.6 Å². The summed E-state index contributed by atoms with van der Waals surface area (Å²) in [5.74, 6) is -0.806. The topological polar surface area (TPSA) is 46.5 Å². The molecule has 1 aliphatic heterocycles. The zero-order valence-electron chi connectivity index (χ0n) is 12.5. The van der Waals surface area contributed by atoms with Gasteiger partial charge in [-0.25, -0.2) is 0 Å². The Morgan fingerprint density at radius 1 is 1.32 bits per heavy atom. The van der Waals surface area contributed by atoms with Gasteiger partial charge in [-0.3, -0.25) is 4.79 Å². The van der Waals surface area contributed by atoms with Crippen molar-refractivity contribution in [1.29, 1.82) is 0 Å². The summed E-state index contributed by atoms with van der Waals surface area (Å²) >= 11 is 8.16. The Hall–Kier alpha value is -0.710. The number of aliphatic carboxylic acids is 1. The van der Waals surface area contributed by atoms with Crippen LogP contribution in [0.4, 0.5) is 0 Å². The fourth-order valence-corrected chi connectivity index (χ4v) is 4.26. The second-order valence-corrected chi connectivity index (χ2v) is 7.94. The molecule has 1 heterocycles. The maximum absolute atomic E-state index is 11.7. The zero-order chi connectivity index (χ0) is 15.5. The van der Waals surface area contributed by atoms with E-state index in [9.17, 15) is 9.90 Å². The van der Waals surface area contributed by atoms with Gasteiger partial charge in [0.15, 0.2) is 0 Å². The minimum atomic E-state index is -0.759. The fraction of sp³-hybridized carbons (Fsp3) is 0.588. The zero-order valence-corrected chi connectivity index (χ0v) is 14.0. The molecule has 1 saturated carbocycles. The van der Waals surface area contributed by atoms with Gasteiger partial charge in [0.25, 0.3) is 0 Å². The second-order valence-electron chi connectivity index (χ2n) is 6.19. The van der Waals surface area contributed by atoms with Crippen molar-refractivity contribution in [3.8, 4) is 0 Å². The lowest BCUT2D eigenvalue weighted by atomic mass is 9.85. The van der Waals surface area contributed by atoms with Gasteiger partial charge in [-0.1, -0.05) is 17.7 Å². The van der Waals surface area contributed by atoms with Crippen LogP contribution in [0.15, 0.2) is 23.1 Å². The Balaban J connectivity index is 1.72. The van der Waals surface area contributed by atoms with Crippen LogP contribution in [0.2, 0.25) is 5.02 Å². The van der Waals surface area contributed by atoms with Crippen LogP contribution >= 0.6 is 23.4 Å². The maximum atomic E-state index is 11.7. The van der Waals surface area contributed by atoms with Gasteiger partial charge in [-0.05, 0) is 55.7 Å². The number of carboxylic acids is 1. The molecule has 0 spiro atoms. The molecule has 0 bridgehead atoms. The molecule has 1 atom stereocenters. The van der Waals surface area contributed by atoms with Crippen molar-refractivity contribution in [3.63, 3.8) is 0 Å². The van der Waals surface area contributed by atoms with Crippen molar-refractivity contribution in [3.05, 3.63) is 28.8 Å². The quantitative estimate of drug-likeness (QED) is 0.823. The molecule has 0 amide bonds. The van der Waals surface area contributed by atoms with Crippen LogP contribution in [-0.2, 0) is 9.53 Å². The number of hydrogen-bond donors (Lipinski definition) is 1. The average molecular weight is 341 g/mol. The summed E-state index contributed by atoms with van der Waals surface area (Å²) in [5, 5.41) is 11.0. The van der Waals surface area contributed by atoms with E-state index in [1.54, 1.807) is 11.8 Å². The van der Waals surface area contributed by atoms with E-state index in [1.807, 2.05) is 18.2 Å². The highest BCUT2D eigenvalue weighted by molar-refractivity contribution is 8.00. The van der Waals surface area contributed by atoms with Crippen molar-refractivity contribution in [1.82, 2.24) is 0 Å². The van der Waals surface area contributed by atoms with Crippen molar-refractivity contribution in [2.75, 3.05) is 13.2 Å². The summed E-state index contributed by atoms with van der Waals surface area (Å²) in [6.45, 7) is 1.49. The summed E-state index contributed by atoms with van der Waals surface area (Å²) in [5.41, 5.74) is 0.823. The van der Waals surface area contributed by atoms with Crippen LogP contribution in [0.5, 0.6) is 0 Å². The van der Waals surface area contributed by atoms with Gasteiger partial charge in [0.05, 0.1) is 10.9 Å². The Bertz CT molecular complexity index is 539. The number of carbonyl (C=O) groups is 1. The minimum absolute atomic E-state index is 0.425. The largest absolute Gasteiger partial charge is 0.481 e. The lowest BCUT2D eigenvalue weighted by Crippen LogP contribution is -2.21. The predicted molar refractivity (Wildman–Crippen MR) is 88.9 cm³/mol. The number of thioether (sulfide) groups is 1. The molecule has 3 rings (SSSR count). The van der Waals surface area contributed by atoms with E-state index >= 15 is 0 Å². The summed E-state index contributed by atoms with van der Waals surface area (Å²) in [6, 6.07) is 5.78. The SMILES string of the molecule is O=C(O)[C@H](CC1CCOCC1)c1ccc(SC2CC2)c(Cl)c1. The van der Waals surface area contributed by atoms with Crippen molar-refractivity contribution >= 4 is 29.3 Å². The molecular formula is C17H21ClO3S. The van der Waals surface area contributed by atoms with E-state index in [0.717, 1.165) is 36.5 Å². The third-order valence-electron chi connectivity index (χ3n) is 4.38. The van der Waals surface area contributed by atoms with Gasteiger partial charge in [-0.2, -0.15) is 0 Å². The van der Waals surface area contributed by atoms with E-state index in [-0.39, 0.29) is 0 Å². The normalized spacial score (nSPS) is 20.8. The van der Waals surface area contributed by atoms with Gasteiger partial charge in [-0.15, -0.1) is 11.8 Å². The number of halogens is 1. The standard InChI is InChI=1S/C17H21ClO3S/c18-15-10-12(1-4-16(15)22-13-2-3-13)14(17(19)20)9-11-5-7-21-8-6-11/h1,4,10-11,13-14H,2-3,5-9H2,(H,19,20)/t14-/m1/s1. The molecular weight excluding hydrogens is 320 g/mol. The number of benzene rings is 1. The first kappa shape index (κ1) is 16.2. The number of hydrogen-bond acceptors (Lipinski definition) is 3. The molecule has 3 nitrogen and oxygen atoms in total. The Kier molecular flexibility index (Phi) is 5.32. The van der Waals surface area contributed by atoms with Gasteiger partial charge in [0.2, 0.25) is 0 Å². The first-order valence-electron chi connectivity index (χ1n) is 7.90. The molecule has 5 heteroatoms. The molecule has 1 aromatic rings. The third kappa shape index (κ3) is 4.18. The molecule has 1 N–H and O–H groups in total. The Labute approximate surface area is 140 Å². The predicted octanol–water partition coefficient (Wildman–Crippen LogP) is 4.58. The van der Waals surface area contributed by atoms with Crippen LogP contribution in [0.1, 0.15) is 43.6 Å². The van der Waals surface area contributed by atoms with Crippen LogP contribution in [0.3, 0.4) is 0 Å². The van der Waals surface area contributed by atoms with Crippen LogP contribution in [0.25, 0.3) is 0 Å². The summed E-state index contributed by atoms with van der Waals surface area (Å²) in [6.07, 6.45) is 5.08. The molecule has 2 aliphatic rings. The second kappa shape index (κ2) is 7.24. The van der Waals surface area contributed by atoms with E-state index in [4.69, 9.17) is 16.3 Å². The Morgan fingerprint density at radius 3 is 2.64 bits per heavy atom. The number of carboxylic acid groups (broad SMARTS) is 1. The monoisotopic (exact) mass is 340 g/mol. The number of rotatable bonds is 6. The summed E-state index contributed by atoms with van der Waals surface area (Å²) in [4.78, 5) is 12.8. The molecule has 1 aliphatic carbocycles. The molecule has 1 aromatic carbocycles. The molecule has 2 fully saturated rings. The van der Waals surface area contributed by atoms with Gasteiger partial charge in [0.1, 0.15) is 0 Å². The van der Waals surface area contributed by atoms with E-state index < -0.39 is 11.9 Å². The first-order chi connectivity index (χ1) is 10.6. The molecule has 0 aromatic heterocycles. The van der Waals surface area contributed by atoms with E-state index in [2.05, 4.69) is 0 Å². The number of ether oxygens (including phenoxy) is 1. The van der Waals surface area contributed by atoms with E-state index in [1.165, 1.54) is 12.8 Å². The summed E-state index contributed by atoms with van der Waals surface area (Å²) < 4.78 is 5.35. The smallest absolute Gasteiger partial charge is 0.310 e. The minimum Gasteiger partial charge on any atom is -0.481 e. The molecule has 120 valence electrons.